The van der Waals surface area contributed by atoms with E-state index in [9.17, 15) is 9.59 Å². The van der Waals surface area contributed by atoms with Crippen LogP contribution in [0.2, 0.25) is 0 Å². The number of amides is 2. The van der Waals surface area contributed by atoms with Crippen molar-refractivity contribution in [3.05, 3.63) is 35.9 Å². The molecule has 4 N–H and O–H groups in total. The molecule has 2 unspecified atom stereocenters. The van der Waals surface area contributed by atoms with E-state index < -0.39 is 12.1 Å². The lowest BCUT2D eigenvalue weighted by Gasteiger charge is -2.24. The summed E-state index contributed by atoms with van der Waals surface area (Å²) in [6.07, 6.45) is 0. The molecule has 0 saturated carbocycles. The van der Waals surface area contributed by atoms with Crippen LogP contribution in [0.15, 0.2) is 30.3 Å². The first-order chi connectivity index (χ1) is 9.20. The van der Waals surface area contributed by atoms with Crippen LogP contribution < -0.4 is 16.4 Å². The Morgan fingerprint density at radius 1 is 1.10 bits per heavy atom. The normalized spacial score (nSPS) is 14.2. The SMILES string of the molecule is CC(NC(=O)C(N)c1ccccc1)C(=O)NC(C)(C)C. The molecule has 1 aromatic carbocycles. The summed E-state index contributed by atoms with van der Waals surface area (Å²) in [6.45, 7) is 7.29. The fraction of sp³-hybridized carbons (Fsp3) is 0.467. The molecule has 1 rings (SSSR count). The second-order valence-electron chi connectivity index (χ2n) is 5.86. The van der Waals surface area contributed by atoms with Crippen molar-refractivity contribution in [3.63, 3.8) is 0 Å². The third-order valence-electron chi connectivity index (χ3n) is 2.69. The molecule has 2 amide bonds. The van der Waals surface area contributed by atoms with Crippen LogP contribution in [0.25, 0.3) is 0 Å². The van der Waals surface area contributed by atoms with E-state index in [0.717, 1.165) is 0 Å². The van der Waals surface area contributed by atoms with Gasteiger partial charge in [0.15, 0.2) is 0 Å². The van der Waals surface area contributed by atoms with Gasteiger partial charge >= 0.3 is 0 Å². The summed E-state index contributed by atoms with van der Waals surface area (Å²) in [5, 5.41) is 5.43. The van der Waals surface area contributed by atoms with Crippen LogP contribution in [-0.4, -0.2) is 23.4 Å². The second kappa shape index (κ2) is 6.52. The zero-order chi connectivity index (χ0) is 15.3. The Labute approximate surface area is 119 Å². The smallest absolute Gasteiger partial charge is 0.242 e. The Morgan fingerprint density at radius 3 is 2.15 bits per heavy atom. The lowest BCUT2D eigenvalue weighted by Crippen LogP contribution is -2.52. The minimum absolute atomic E-state index is 0.230. The van der Waals surface area contributed by atoms with E-state index in [1.54, 1.807) is 19.1 Å². The highest BCUT2D eigenvalue weighted by Crippen LogP contribution is 2.09. The molecule has 0 aromatic heterocycles. The first-order valence-corrected chi connectivity index (χ1v) is 6.63. The van der Waals surface area contributed by atoms with Crippen LogP contribution in [0.3, 0.4) is 0 Å². The van der Waals surface area contributed by atoms with Crippen molar-refractivity contribution in [1.82, 2.24) is 10.6 Å². The van der Waals surface area contributed by atoms with Crippen molar-refractivity contribution >= 4 is 11.8 Å². The number of rotatable bonds is 4. The predicted molar refractivity (Wildman–Crippen MR) is 78.9 cm³/mol. The van der Waals surface area contributed by atoms with Crippen molar-refractivity contribution in [3.8, 4) is 0 Å². The number of benzene rings is 1. The Morgan fingerprint density at radius 2 is 1.65 bits per heavy atom. The molecule has 0 aliphatic heterocycles. The molecule has 5 heteroatoms. The molecule has 0 bridgehead atoms. The maximum Gasteiger partial charge on any atom is 0.242 e. The van der Waals surface area contributed by atoms with Crippen LogP contribution in [-0.2, 0) is 9.59 Å². The van der Waals surface area contributed by atoms with Gasteiger partial charge in [0.05, 0.1) is 0 Å². The number of nitrogens with two attached hydrogens (primary N) is 1. The number of nitrogens with one attached hydrogen (secondary N) is 2. The molecule has 0 saturated heterocycles. The maximum absolute atomic E-state index is 12.0. The first-order valence-electron chi connectivity index (χ1n) is 6.63. The molecule has 5 nitrogen and oxygen atoms in total. The number of carbonyl (C=O) groups excluding carboxylic acids is 2. The van der Waals surface area contributed by atoms with Gasteiger partial charge in [0.2, 0.25) is 11.8 Å². The Hall–Kier alpha value is -1.88. The van der Waals surface area contributed by atoms with Crippen LogP contribution in [0.4, 0.5) is 0 Å². The molecule has 0 radical (unpaired) electrons. The molecule has 0 fully saturated rings. The van der Waals surface area contributed by atoms with Gasteiger partial charge in [0.1, 0.15) is 12.1 Å². The van der Waals surface area contributed by atoms with Crippen LogP contribution in [0.5, 0.6) is 0 Å². The van der Waals surface area contributed by atoms with Gasteiger partial charge in [-0.25, -0.2) is 0 Å². The van der Waals surface area contributed by atoms with Crippen molar-refractivity contribution in [1.29, 1.82) is 0 Å². The van der Waals surface area contributed by atoms with Gasteiger partial charge in [-0.05, 0) is 33.3 Å². The van der Waals surface area contributed by atoms with Crippen molar-refractivity contribution in [2.45, 2.75) is 45.3 Å². The second-order valence-corrected chi connectivity index (χ2v) is 5.86. The fourth-order valence-electron chi connectivity index (χ4n) is 1.66. The largest absolute Gasteiger partial charge is 0.350 e. The summed E-state index contributed by atoms with van der Waals surface area (Å²) in [4.78, 5) is 23.9. The number of hydrogen-bond acceptors (Lipinski definition) is 3. The van der Waals surface area contributed by atoms with Crippen LogP contribution >= 0.6 is 0 Å². The molecule has 1 aromatic rings. The molecule has 2 atom stereocenters. The summed E-state index contributed by atoms with van der Waals surface area (Å²) in [7, 11) is 0. The van der Waals surface area contributed by atoms with Crippen LogP contribution in [0.1, 0.15) is 39.3 Å². The average molecular weight is 277 g/mol. The Balaban J connectivity index is 2.60. The van der Waals surface area contributed by atoms with Gasteiger partial charge in [-0.1, -0.05) is 30.3 Å². The highest BCUT2D eigenvalue weighted by molar-refractivity contribution is 5.90. The zero-order valence-electron chi connectivity index (χ0n) is 12.4. The Kier molecular flexibility index (Phi) is 5.27. The third-order valence-corrected chi connectivity index (χ3v) is 2.69. The minimum atomic E-state index is -0.777. The summed E-state index contributed by atoms with van der Waals surface area (Å²) < 4.78 is 0. The highest BCUT2D eigenvalue weighted by Gasteiger charge is 2.23. The van der Waals surface area contributed by atoms with E-state index in [0.29, 0.717) is 5.56 Å². The van der Waals surface area contributed by atoms with E-state index >= 15 is 0 Å². The summed E-state index contributed by atoms with van der Waals surface area (Å²) in [5.41, 5.74) is 6.25. The quantitative estimate of drug-likeness (QED) is 0.770. The molecule has 0 heterocycles. The lowest BCUT2D eigenvalue weighted by atomic mass is 10.1. The number of carbonyl (C=O) groups is 2. The van der Waals surface area contributed by atoms with Crippen molar-refractivity contribution < 1.29 is 9.59 Å². The van der Waals surface area contributed by atoms with E-state index in [1.807, 2.05) is 39.0 Å². The van der Waals surface area contributed by atoms with Gasteiger partial charge in [0, 0.05) is 5.54 Å². The lowest BCUT2D eigenvalue weighted by molar-refractivity contribution is -0.130. The van der Waals surface area contributed by atoms with Gasteiger partial charge < -0.3 is 16.4 Å². The zero-order valence-corrected chi connectivity index (χ0v) is 12.4. The standard InChI is InChI=1S/C15H23N3O2/c1-10(13(19)18-15(2,3)4)17-14(20)12(16)11-8-6-5-7-9-11/h5-10,12H,16H2,1-4H3,(H,17,20)(H,18,19). The maximum atomic E-state index is 12.0. The minimum Gasteiger partial charge on any atom is -0.350 e. The number of hydrogen-bond donors (Lipinski definition) is 3. The molecule has 110 valence electrons. The van der Waals surface area contributed by atoms with Crippen molar-refractivity contribution in [2.75, 3.05) is 0 Å². The summed E-state index contributed by atoms with van der Waals surface area (Å²) >= 11 is 0. The van der Waals surface area contributed by atoms with Gasteiger partial charge in [-0.15, -0.1) is 0 Å². The van der Waals surface area contributed by atoms with Gasteiger partial charge in [0.25, 0.3) is 0 Å². The van der Waals surface area contributed by atoms with Crippen LogP contribution in [0, 0.1) is 0 Å². The van der Waals surface area contributed by atoms with Gasteiger partial charge in [-0.3, -0.25) is 9.59 Å². The fourth-order valence-corrected chi connectivity index (χ4v) is 1.66. The van der Waals surface area contributed by atoms with E-state index in [2.05, 4.69) is 10.6 Å². The predicted octanol–water partition coefficient (Wildman–Crippen LogP) is 1.11. The third kappa shape index (κ3) is 5.01. The molecule has 0 aliphatic rings. The topological polar surface area (TPSA) is 84.2 Å². The molecular weight excluding hydrogens is 254 g/mol. The molecule has 20 heavy (non-hydrogen) atoms. The average Bonchev–Trinajstić information content (AvgIpc) is 2.36. The van der Waals surface area contributed by atoms with E-state index in [4.69, 9.17) is 5.73 Å². The Bertz CT molecular complexity index is 466. The molecule has 0 aliphatic carbocycles. The molecular formula is C15H23N3O2. The summed E-state index contributed by atoms with van der Waals surface area (Å²) in [5.74, 6) is -0.598. The monoisotopic (exact) mass is 277 g/mol. The van der Waals surface area contributed by atoms with Crippen molar-refractivity contribution in [2.24, 2.45) is 5.73 Å². The van der Waals surface area contributed by atoms with E-state index in [1.165, 1.54) is 0 Å². The molecule has 0 spiro atoms. The summed E-state index contributed by atoms with van der Waals surface area (Å²) in [6, 6.07) is 7.65. The first kappa shape index (κ1) is 16.2. The van der Waals surface area contributed by atoms with E-state index in [-0.39, 0.29) is 17.4 Å². The highest BCUT2D eigenvalue weighted by atomic mass is 16.2. The van der Waals surface area contributed by atoms with Gasteiger partial charge in [-0.2, -0.15) is 0 Å².